The molecule has 0 saturated carbocycles. The molecule has 1 saturated heterocycles. The van der Waals surface area contributed by atoms with Crippen LogP contribution in [0, 0.1) is 0 Å². The molecule has 1 aromatic carbocycles. The molecule has 0 spiro atoms. The van der Waals surface area contributed by atoms with Gasteiger partial charge < -0.3 is 10.2 Å². The molecule has 1 unspecified atom stereocenters. The average Bonchev–Trinajstić information content (AvgIpc) is 2.43. The van der Waals surface area contributed by atoms with Crippen molar-refractivity contribution in [3.63, 3.8) is 0 Å². The number of rotatable bonds is 1. The Kier molecular flexibility index (Phi) is 3.65. The van der Waals surface area contributed by atoms with Crippen molar-refractivity contribution in [1.29, 1.82) is 0 Å². The molecule has 2 nitrogen and oxygen atoms in total. The van der Waals surface area contributed by atoms with Gasteiger partial charge >= 0.3 is 0 Å². The summed E-state index contributed by atoms with van der Waals surface area (Å²) in [5.74, 6) is 0. The fraction of sp³-hybridized carbons (Fsp3) is 0.500. The SMILES string of the molecule is CC1CCN(c2cccc(Br)c2)CCN1. The molecule has 82 valence electrons. The standard InChI is InChI=1S/C12H17BrN2/c1-10-5-7-15(8-6-14-10)12-4-2-3-11(13)9-12/h2-4,9-10,14H,5-8H2,1H3. The predicted molar refractivity (Wildman–Crippen MR) is 68.4 cm³/mol. The molecule has 1 aliphatic rings. The van der Waals surface area contributed by atoms with Crippen LogP contribution in [0.3, 0.4) is 0 Å². The lowest BCUT2D eigenvalue weighted by Crippen LogP contribution is -2.28. The summed E-state index contributed by atoms with van der Waals surface area (Å²) in [4.78, 5) is 2.45. The Balaban J connectivity index is 2.09. The van der Waals surface area contributed by atoms with Gasteiger partial charge in [-0.15, -0.1) is 0 Å². The van der Waals surface area contributed by atoms with Crippen molar-refractivity contribution in [3.8, 4) is 0 Å². The first-order valence-electron chi connectivity index (χ1n) is 5.49. The van der Waals surface area contributed by atoms with Crippen LogP contribution in [0.5, 0.6) is 0 Å². The van der Waals surface area contributed by atoms with Crippen molar-refractivity contribution in [2.75, 3.05) is 24.5 Å². The molecule has 0 aliphatic carbocycles. The summed E-state index contributed by atoms with van der Waals surface area (Å²) in [6, 6.07) is 9.18. The Hall–Kier alpha value is -0.540. The van der Waals surface area contributed by atoms with Gasteiger partial charge in [-0.1, -0.05) is 22.0 Å². The second-order valence-corrected chi connectivity index (χ2v) is 5.03. The highest BCUT2D eigenvalue weighted by Gasteiger charge is 2.13. The maximum Gasteiger partial charge on any atom is 0.0377 e. The van der Waals surface area contributed by atoms with E-state index in [9.17, 15) is 0 Å². The molecule has 1 aliphatic heterocycles. The number of benzene rings is 1. The van der Waals surface area contributed by atoms with Crippen LogP contribution in [-0.4, -0.2) is 25.7 Å². The van der Waals surface area contributed by atoms with Crippen LogP contribution in [0.15, 0.2) is 28.7 Å². The molecule has 1 aromatic rings. The number of hydrogen-bond donors (Lipinski definition) is 1. The minimum Gasteiger partial charge on any atom is -0.370 e. The van der Waals surface area contributed by atoms with Gasteiger partial charge in [-0.2, -0.15) is 0 Å². The van der Waals surface area contributed by atoms with Crippen molar-refractivity contribution in [2.45, 2.75) is 19.4 Å². The van der Waals surface area contributed by atoms with E-state index in [1.165, 1.54) is 12.1 Å². The zero-order chi connectivity index (χ0) is 10.7. The summed E-state index contributed by atoms with van der Waals surface area (Å²) in [6.45, 7) is 5.57. The minimum absolute atomic E-state index is 0.641. The lowest BCUT2D eigenvalue weighted by Gasteiger charge is -2.22. The van der Waals surface area contributed by atoms with Crippen molar-refractivity contribution >= 4 is 21.6 Å². The molecule has 1 atom stereocenters. The normalized spacial score (nSPS) is 22.5. The van der Waals surface area contributed by atoms with Crippen molar-refractivity contribution in [2.24, 2.45) is 0 Å². The van der Waals surface area contributed by atoms with E-state index in [1.807, 2.05) is 0 Å². The summed E-state index contributed by atoms with van der Waals surface area (Å²) in [6.07, 6.45) is 1.21. The first-order chi connectivity index (χ1) is 7.25. The molecule has 2 rings (SSSR count). The van der Waals surface area contributed by atoms with Gasteiger partial charge in [0.1, 0.15) is 0 Å². The van der Waals surface area contributed by atoms with E-state index in [0.29, 0.717) is 6.04 Å². The smallest absolute Gasteiger partial charge is 0.0377 e. The monoisotopic (exact) mass is 268 g/mol. The molecule has 0 bridgehead atoms. The van der Waals surface area contributed by atoms with Gasteiger partial charge in [-0.05, 0) is 31.5 Å². The highest BCUT2D eigenvalue weighted by Crippen LogP contribution is 2.20. The van der Waals surface area contributed by atoms with E-state index in [1.54, 1.807) is 0 Å². The Morgan fingerprint density at radius 2 is 2.27 bits per heavy atom. The Labute approximate surface area is 99.8 Å². The fourth-order valence-electron chi connectivity index (χ4n) is 1.94. The zero-order valence-electron chi connectivity index (χ0n) is 9.04. The van der Waals surface area contributed by atoms with Gasteiger partial charge in [0.2, 0.25) is 0 Å². The highest BCUT2D eigenvalue weighted by molar-refractivity contribution is 9.10. The molecule has 1 fully saturated rings. The third-order valence-corrected chi connectivity index (χ3v) is 3.37. The van der Waals surface area contributed by atoms with Gasteiger partial charge in [0.05, 0.1) is 0 Å². The third kappa shape index (κ3) is 2.95. The van der Waals surface area contributed by atoms with Crippen molar-refractivity contribution < 1.29 is 0 Å². The number of nitrogens with zero attached hydrogens (tertiary/aromatic N) is 1. The molecular weight excluding hydrogens is 252 g/mol. The minimum atomic E-state index is 0.641. The van der Waals surface area contributed by atoms with E-state index in [0.717, 1.165) is 24.1 Å². The molecular formula is C12H17BrN2. The third-order valence-electron chi connectivity index (χ3n) is 2.88. The molecule has 3 heteroatoms. The zero-order valence-corrected chi connectivity index (χ0v) is 10.6. The molecule has 0 radical (unpaired) electrons. The maximum absolute atomic E-state index is 3.52. The van der Waals surface area contributed by atoms with Crippen LogP contribution in [0.2, 0.25) is 0 Å². The first-order valence-corrected chi connectivity index (χ1v) is 6.29. The quantitative estimate of drug-likeness (QED) is 0.843. The van der Waals surface area contributed by atoms with Crippen molar-refractivity contribution in [3.05, 3.63) is 28.7 Å². The second-order valence-electron chi connectivity index (χ2n) is 4.11. The second kappa shape index (κ2) is 4.99. The van der Waals surface area contributed by atoms with E-state index >= 15 is 0 Å². The molecule has 0 aromatic heterocycles. The fourth-order valence-corrected chi connectivity index (χ4v) is 2.33. The van der Waals surface area contributed by atoms with Crippen LogP contribution in [-0.2, 0) is 0 Å². The number of halogens is 1. The van der Waals surface area contributed by atoms with Gasteiger partial charge in [0.15, 0.2) is 0 Å². The lowest BCUT2D eigenvalue weighted by molar-refractivity contribution is 0.566. The number of hydrogen-bond acceptors (Lipinski definition) is 2. The van der Waals surface area contributed by atoms with Gasteiger partial charge in [0, 0.05) is 35.8 Å². The largest absolute Gasteiger partial charge is 0.370 e. The van der Waals surface area contributed by atoms with Crippen molar-refractivity contribution in [1.82, 2.24) is 5.32 Å². The van der Waals surface area contributed by atoms with Gasteiger partial charge in [-0.3, -0.25) is 0 Å². The highest BCUT2D eigenvalue weighted by atomic mass is 79.9. The Morgan fingerprint density at radius 1 is 1.40 bits per heavy atom. The molecule has 1 heterocycles. The van der Waals surface area contributed by atoms with Gasteiger partial charge in [-0.25, -0.2) is 0 Å². The molecule has 15 heavy (non-hydrogen) atoms. The topological polar surface area (TPSA) is 15.3 Å². The summed E-state index contributed by atoms with van der Waals surface area (Å²) < 4.78 is 1.16. The maximum atomic E-state index is 3.52. The van der Waals surface area contributed by atoms with Crippen LogP contribution >= 0.6 is 15.9 Å². The van der Waals surface area contributed by atoms with E-state index in [4.69, 9.17) is 0 Å². The summed E-state index contributed by atoms with van der Waals surface area (Å²) in [5, 5.41) is 3.51. The average molecular weight is 269 g/mol. The predicted octanol–water partition coefficient (Wildman–Crippen LogP) is 2.64. The summed E-state index contributed by atoms with van der Waals surface area (Å²) in [7, 11) is 0. The van der Waals surface area contributed by atoms with Crippen LogP contribution in [0.4, 0.5) is 5.69 Å². The van der Waals surface area contributed by atoms with E-state index in [2.05, 4.69) is 57.3 Å². The van der Waals surface area contributed by atoms with Crippen LogP contribution in [0.1, 0.15) is 13.3 Å². The lowest BCUT2D eigenvalue weighted by atomic mass is 10.2. The van der Waals surface area contributed by atoms with Crippen LogP contribution < -0.4 is 10.2 Å². The Morgan fingerprint density at radius 3 is 3.07 bits per heavy atom. The Bertz CT molecular complexity index is 327. The molecule has 1 N–H and O–H groups in total. The summed E-state index contributed by atoms with van der Waals surface area (Å²) >= 11 is 3.52. The summed E-state index contributed by atoms with van der Waals surface area (Å²) in [5.41, 5.74) is 1.32. The number of anilines is 1. The molecule has 0 amide bonds. The van der Waals surface area contributed by atoms with E-state index < -0.39 is 0 Å². The van der Waals surface area contributed by atoms with Gasteiger partial charge in [0.25, 0.3) is 0 Å². The first kappa shape index (κ1) is 11.0. The van der Waals surface area contributed by atoms with Crippen LogP contribution in [0.25, 0.3) is 0 Å². The number of nitrogens with one attached hydrogen (secondary N) is 1. The van der Waals surface area contributed by atoms with E-state index in [-0.39, 0.29) is 0 Å².